The second kappa shape index (κ2) is 14.1. The number of rotatable bonds is 14. The quantitative estimate of drug-likeness (QED) is 0.166. The van der Waals surface area contributed by atoms with E-state index < -0.39 is 23.8 Å². The minimum atomic E-state index is -1.24. The van der Waals surface area contributed by atoms with E-state index in [0.29, 0.717) is 29.7 Å². The van der Waals surface area contributed by atoms with Crippen LogP contribution in [-0.4, -0.2) is 38.0 Å². The first kappa shape index (κ1) is 26.1. The van der Waals surface area contributed by atoms with Gasteiger partial charge in [0.05, 0.1) is 20.3 Å². The summed E-state index contributed by atoms with van der Waals surface area (Å²) in [6.45, 7) is 4.41. The Bertz CT molecular complexity index is 853. The van der Waals surface area contributed by atoms with Crippen molar-refractivity contribution in [3.8, 4) is 5.75 Å². The van der Waals surface area contributed by atoms with E-state index >= 15 is 0 Å². The summed E-state index contributed by atoms with van der Waals surface area (Å²) >= 11 is 0. The molecule has 0 N–H and O–H groups in total. The summed E-state index contributed by atoms with van der Waals surface area (Å²) < 4.78 is 16.1. The summed E-state index contributed by atoms with van der Waals surface area (Å²) in [5.74, 6) is -2.81. The van der Waals surface area contributed by atoms with E-state index in [2.05, 4.69) is 0 Å². The second-order valence-electron chi connectivity index (χ2n) is 7.89. The summed E-state index contributed by atoms with van der Waals surface area (Å²) in [6, 6.07) is 15.9. The molecule has 0 aliphatic carbocycles. The first-order valence-electron chi connectivity index (χ1n) is 11.6. The molecule has 0 fully saturated rings. The van der Waals surface area contributed by atoms with Gasteiger partial charge in [0.25, 0.3) is 0 Å². The number of benzene rings is 2. The van der Waals surface area contributed by atoms with E-state index in [1.807, 2.05) is 19.9 Å². The number of unbranched alkanes of at least 4 members (excludes halogenated alkanes) is 2. The number of ether oxygens (including phenoxy) is 3. The van der Waals surface area contributed by atoms with Gasteiger partial charge in [-0.1, -0.05) is 69.2 Å². The van der Waals surface area contributed by atoms with Gasteiger partial charge in [-0.3, -0.25) is 14.4 Å². The number of Topliss-reactive ketones (excluding diaryl/α,β-unsaturated/α-hetero) is 1. The summed E-state index contributed by atoms with van der Waals surface area (Å²) in [7, 11) is 1.56. The standard InChI is InChI=1S/C27H34O6/c1-4-6-17-32-26(29)25(27(30)33-18-7-5-2)23(20-13-15-22(31-3)16-14-20)19-24(28)21-11-9-8-10-12-21/h8-16,23,25H,4-7,17-19H2,1-3H3. The molecule has 0 aromatic heterocycles. The minimum Gasteiger partial charge on any atom is -0.497 e. The van der Waals surface area contributed by atoms with Gasteiger partial charge in [-0.25, -0.2) is 0 Å². The maximum Gasteiger partial charge on any atom is 0.320 e. The monoisotopic (exact) mass is 454 g/mol. The average Bonchev–Trinajstić information content (AvgIpc) is 2.84. The fourth-order valence-electron chi connectivity index (χ4n) is 3.46. The van der Waals surface area contributed by atoms with Gasteiger partial charge >= 0.3 is 11.9 Å². The predicted molar refractivity (Wildman–Crippen MR) is 126 cm³/mol. The average molecular weight is 455 g/mol. The lowest BCUT2D eigenvalue weighted by Crippen LogP contribution is -2.35. The van der Waals surface area contributed by atoms with E-state index in [9.17, 15) is 14.4 Å². The molecule has 0 saturated heterocycles. The van der Waals surface area contributed by atoms with Crippen LogP contribution in [0.15, 0.2) is 54.6 Å². The third-order valence-electron chi connectivity index (χ3n) is 5.44. The van der Waals surface area contributed by atoms with E-state index in [1.54, 1.807) is 55.6 Å². The molecular weight excluding hydrogens is 420 g/mol. The fraction of sp³-hybridized carbons (Fsp3) is 0.444. The number of carbonyl (C=O) groups excluding carboxylic acids is 3. The molecule has 0 spiro atoms. The van der Waals surface area contributed by atoms with Crippen LogP contribution in [0.3, 0.4) is 0 Å². The number of hydrogen-bond donors (Lipinski definition) is 0. The molecule has 2 aromatic rings. The number of carbonyl (C=O) groups is 3. The molecule has 0 aliphatic heterocycles. The number of hydrogen-bond acceptors (Lipinski definition) is 6. The zero-order valence-electron chi connectivity index (χ0n) is 19.8. The van der Waals surface area contributed by atoms with Crippen molar-refractivity contribution in [1.29, 1.82) is 0 Å². The number of methoxy groups -OCH3 is 1. The van der Waals surface area contributed by atoms with Crippen LogP contribution in [0.1, 0.15) is 67.8 Å². The highest BCUT2D eigenvalue weighted by atomic mass is 16.6. The van der Waals surface area contributed by atoms with Gasteiger partial charge in [-0.05, 0) is 30.5 Å². The molecule has 2 aromatic carbocycles. The molecule has 1 unspecified atom stereocenters. The SMILES string of the molecule is CCCCOC(=O)C(C(=O)OCCCC)C(CC(=O)c1ccccc1)c1ccc(OC)cc1. The van der Waals surface area contributed by atoms with Gasteiger partial charge in [0.1, 0.15) is 5.75 Å². The van der Waals surface area contributed by atoms with Crippen molar-refractivity contribution in [1.82, 2.24) is 0 Å². The van der Waals surface area contributed by atoms with E-state index in [4.69, 9.17) is 14.2 Å². The predicted octanol–water partition coefficient (Wildman–Crippen LogP) is 5.35. The second-order valence-corrected chi connectivity index (χ2v) is 7.89. The Morgan fingerprint density at radius 2 is 1.33 bits per heavy atom. The van der Waals surface area contributed by atoms with Crippen LogP contribution in [0.25, 0.3) is 0 Å². The van der Waals surface area contributed by atoms with Crippen molar-refractivity contribution >= 4 is 17.7 Å². The molecule has 0 heterocycles. The molecule has 1 atom stereocenters. The number of esters is 2. The van der Waals surface area contributed by atoms with Gasteiger partial charge in [0, 0.05) is 17.9 Å². The molecule has 33 heavy (non-hydrogen) atoms. The Labute approximate surface area is 196 Å². The largest absolute Gasteiger partial charge is 0.497 e. The van der Waals surface area contributed by atoms with Crippen LogP contribution in [0, 0.1) is 5.92 Å². The lowest BCUT2D eigenvalue weighted by molar-refractivity contribution is -0.163. The zero-order chi connectivity index (χ0) is 24.1. The van der Waals surface area contributed by atoms with Crippen LogP contribution >= 0.6 is 0 Å². The van der Waals surface area contributed by atoms with Gasteiger partial charge in [0.2, 0.25) is 0 Å². The van der Waals surface area contributed by atoms with Crippen LogP contribution in [0.2, 0.25) is 0 Å². The van der Waals surface area contributed by atoms with Crippen molar-refractivity contribution in [2.75, 3.05) is 20.3 Å². The Morgan fingerprint density at radius 3 is 1.82 bits per heavy atom. The molecule has 0 amide bonds. The lowest BCUT2D eigenvalue weighted by atomic mass is 9.81. The first-order valence-corrected chi connectivity index (χ1v) is 11.6. The van der Waals surface area contributed by atoms with Crippen LogP contribution < -0.4 is 4.74 Å². The Kier molecular flexibility index (Phi) is 11.1. The Hall–Kier alpha value is -3.15. The highest BCUT2D eigenvalue weighted by Crippen LogP contribution is 2.33. The zero-order valence-corrected chi connectivity index (χ0v) is 19.8. The highest BCUT2D eigenvalue weighted by Gasteiger charge is 2.39. The van der Waals surface area contributed by atoms with Crippen LogP contribution in [0.4, 0.5) is 0 Å². The Balaban J connectivity index is 2.40. The molecule has 0 aliphatic rings. The van der Waals surface area contributed by atoms with E-state index in [0.717, 1.165) is 12.8 Å². The molecule has 0 saturated carbocycles. The molecule has 178 valence electrons. The summed E-state index contributed by atoms with van der Waals surface area (Å²) in [4.78, 5) is 39.3. The molecule has 0 bridgehead atoms. The van der Waals surface area contributed by atoms with Crippen molar-refractivity contribution in [2.45, 2.75) is 51.9 Å². The molecule has 0 radical (unpaired) electrons. The third kappa shape index (κ3) is 8.04. The first-order chi connectivity index (χ1) is 16.0. The molecule has 6 heteroatoms. The molecule has 2 rings (SSSR count). The maximum atomic E-state index is 13.1. The molecule has 6 nitrogen and oxygen atoms in total. The summed E-state index contributed by atoms with van der Waals surface area (Å²) in [6.07, 6.45) is 3.06. The summed E-state index contributed by atoms with van der Waals surface area (Å²) in [5.41, 5.74) is 1.19. The van der Waals surface area contributed by atoms with Gasteiger partial charge in [0.15, 0.2) is 11.7 Å². The normalized spacial score (nSPS) is 11.6. The topological polar surface area (TPSA) is 78.9 Å². The summed E-state index contributed by atoms with van der Waals surface area (Å²) in [5, 5.41) is 0. The van der Waals surface area contributed by atoms with Crippen molar-refractivity contribution in [3.05, 3.63) is 65.7 Å². The smallest absolute Gasteiger partial charge is 0.320 e. The van der Waals surface area contributed by atoms with Crippen molar-refractivity contribution in [3.63, 3.8) is 0 Å². The minimum absolute atomic E-state index is 0.0350. The van der Waals surface area contributed by atoms with Gasteiger partial charge in [-0.15, -0.1) is 0 Å². The van der Waals surface area contributed by atoms with Crippen molar-refractivity contribution in [2.24, 2.45) is 5.92 Å². The molecular formula is C27H34O6. The van der Waals surface area contributed by atoms with Gasteiger partial charge < -0.3 is 14.2 Å². The lowest BCUT2D eigenvalue weighted by Gasteiger charge is -2.25. The van der Waals surface area contributed by atoms with E-state index in [1.165, 1.54) is 0 Å². The maximum absolute atomic E-state index is 13.1. The van der Waals surface area contributed by atoms with Crippen molar-refractivity contribution < 1.29 is 28.6 Å². The van der Waals surface area contributed by atoms with Crippen LogP contribution in [0.5, 0.6) is 5.75 Å². The fourth-order valence-corrected chi connectivity index (χ4v) is 3.46. The van der Waals surface area contributed by atoms with Gasteiger partial charge in [-0.2, -0.15) is 0 Å². The Morgan fingerprint density at radius 1 is 0.788 bits per heavy atom. The number of ketones is 1. The van der Waals surface area contributed by atoms with E-state index in [-0.39, 0.29) is 25.4 Å². The van der Waals surface area contributed by atoms with Crippen LogP contribution in [-0.2, 0) is 19.1 Å². The highest BCUT2D eigenvalue weighted by molar-refractivity contribution is 6.00. The third-order valence-corrected chi connectivity index (χ3v) is 5.44.